The zero-order chi connectivity index (χ0) is 21.4. The zero-order valence-corrected chi connectivity index (χ0v) is 17.6. The minimum Gasteiger partial charge on any atom is -0.322 e. The maximum atomic E-state index is 12.9. The zero-order valence-electron chi connectivity index (χ0n) is 17.6. The summed E-state index contributed by atoms with van der Waals surface area (Å²) >= 11 is 0. The molecule has 1 atom stereocenters. The molecule has 4 rings (SSSR count). The molecule has 2 heterocycles. The molecule has 7 nitrogen and oxygen atoms in total. The Labute approximate surface area is 175 Å². The van der Waals surface area contributed by atoms with Gasteiger partial charge >= 0.3 is 0 Å². The van der Waals surface area contributed by atoms with Crippen molar-refractivity contribution in [3.8, 4) is 0 Å². The van der Waals surface area contributed by atoms with E-state index in [0.29, 0.717) is 17.9 Å². The number of amides is 2. The second-order valence-electron chi connectivity index (χ2n) is 7.96. The highest BCUT2D eigenvalue weighted by Gasteiger charge is 2.35. The van der Waals surface area contributed by atoms with Gasteiger partial charge in [0.25, 0.3) is 5.91 Å². The van der Waals surface area contributed by atoms with Crippen molar-refractivity contribution < 1.29 is 9.59 Å². The lowest BCUT2D eigenvalue weighted by Gasteiger charge is -2.15. The molecule has 154 valence electrons. The van der Waals surface area contributed by atoms with Crippen LogP contribution in [0.4, 0.5) is 11.4 Å². The summed E-state index contributed by atoms with van der Waals surface area (Å²) in [6.07, 6.45) is 1.71. The average molecular weight is 403 g/mol. The Bertz CT molecular complexity index is 1120. The molecule has 1 N–H and O–H groups in total. The Balaban J connectivity index is 1.68. The first-order valence-corrected chi connectivity index (χ1v) is 10.0. The molecule has 0 saturated carbocycles. The molecule has 0 fully saturated rings. The number of nitrogens with one attached hydrogen (secondary N) is 1. The summed E-state index contributed by atoms with van der Waals surface area (Å²) in [5.74, 6) is 0.253. The number of rotatable bonds is 4. The van der Waals surface area contributed by atoms with E-state index in [4.69, 9.17) is 0 Å². The van der Waals surface area contributed by atoms with E-state index in [9.17, 15) is 9.59 Å². The molecular weight excluding hydrogens is 378 g/mol. The highest BCUT2D eigenvalue weighted by molar-refractivity contribution is 6.05. The van der Waals surface area contributed by atoms with E-state index in [2.05, 4.69) is 15.4 Å². The van der Waals surface area contributed by atoms with Crippen molar-refractivity contribution in [2.45, 2.75) is 39.7 Å². The van der Waals surface area contributed by atoms with Crippen LogP contribution < -0.4 is 10.2 Å². The molecule has 3 aromatic rings. The smallest absolute Gasteiger partial charge is 0.255 e. The van der Waals surface area contributed by atoms with Crippen LogP contribution in [0, 0.1) is 6.92 Å². The molecule has 1 unspecified atom stereocenters. The maximum absolute atomic E-state index is 12.9. The third kappa shape index (κ3) is 3.70. The number of anilines is 2. The predicted molar refractivity (Wildman–Crippen MR) is 116 cm³/mol. The standard InChI is InChI=1S/C23H25N5O2/c1-14(2)28-13-24-22(26-28)20-12-27(16(4)29)21-9-8-17(11-19(20)21)23(30)25-18-7-5-6-15(3)10-18/h5-11,13-14,20H,12H2,1-4H3,(H,25,30). The summed E-state index contributed by atoms with van der Waals surface area (Å²) in [6, 6.07) is 13.3. The second-order valence-corrected chi connectivity index (χ2v) is 7.96. The van der Waals surface area contributed by atoms with Gasteiger partial charge in [-0.3, -0.25) is 14.3 Å². The summed E-state index contributed by atoms with van der Waals surface area (Å²) < 4.78 is 1.81. The molecule has 0 saturated heterocycles. The lowest BCUT2D eigenvalue weighted by atomic mass is 9.98. The largest absolute Gasteiger partial charge is 0.322 e. The summed E-state index contributed by atoms with van der Waals surface area (Å²) in [5, 5.41) is 7.55. The van der Waals surface area contributed by atoms with E-state index in [1.54, 1.807) is 28.9 Å². The van der Waals surface area contributed by atoms with Crippen LogP contribution in [0.2, 0.25) is 0 Å². The van der Waals surface area contributed by atoms with Crippen LogP contribution in [0.5, 0.6) is 0 Å². The predicted octanol–water partition coefficient (Wildman–Crippen LogP) is 3.92. The van der Waals surface area contributed by atoms with Gasteiger partial charge in [0.15, 0.2) is 5.82 Å². The van der Waals surface area contributed by atoms with Crippen molar-refractivity contribution in [1.82, 2.24) is 14.8 Å². The van der Waals surface area contributed by atoms with Gasteiger partial charge < -0.3 is 10.2 Å². The van der Waals surface area contributed by atoms with Gasteiger partial charge in [0, 0.05) is 36.4 Å². The van der Waals surface area contributed by atoms with Gasteiger partial charge in [0.05, 0.1) is 5.92 Å². The highest BCUT2D eigenvalue weighted by atomic mass is 16.2. The molecule has 2 aromatic carbocycles. The summed E-state index contributed by atoms with van der Waals surface area (Å²) in [4.78, 5) is 31.2. The lowest BCUT2D eigenvalue weighted by Crippen LogP contribution is -2.27. The van der Waals surface area contributed by atoms with E-state index >= 15 is 0 Å². The van der Waals surface area contributed by atoms with Gasteiger partial charge in [-0.05, 0) is 62.2 Å². The Morgan fingerprint density at radius 1 is 1.17 bits per heavy atom. The molecule has 1 aromatic heterocycles. The lowest BCUT2D eigenvalue weighted by molar-refractivity contribution is -0.116. The van der Waals surface area contributed by atoms with Crippen molar-refractivity contribution in [2.24, 2.45) is 0 Å². The van der Waals surface area contributed by atoms with Crippen molar-refractivity contribution >= 4 is 23.2 Å². The molecular formula is C23H25N5O2. The first kappa shape index (κ1) is 19.8. The maximum Gasteiger partial charge on any atom is 0.255 e. The van der Waals surface area contributed by atoms with Crippen molar-refractivity contribution in [3.63, 3.8) is 0 Å². The Morgan fingerprint density at radius 2 is 1.97 bits per heavy atom. The first-order valence-electron chi connectivity index (χ1n) is 10.0. The Hall–Kier alpha value is -3.48. The van der Waals surface area contributed by atoms with Gasteiger partial charge in [0.1, 0.15) is 6.33 Å². The highest BCUT2D eigenvalue weighted by Crippen LogP contribution is 2.39. The number of carbonyl (C=O) groups excluding carboxylic acids is 2. The quantitative estimate of drug-likeness (QED) is 0.716. The SMILES string of the molecule is CC(=O)N1CC(c2ncn(C(C)C)n2)c2cc(C(=O)Nc3cccc(C)c3)ccc21. The molecule has 0 bridgehead atoms. The molecule has 0 radical (unpaired) electrons. The van der Waals surface area contributed by atoms with Crippen LogP contribution in [0.1, 0.15) is 60.0 Å². The normalized spacial score (nSPS) is 15.4. The topological polar surface area (TPSA) is 80.1 Å². The Kier molecular flexibility index (Phi) is 5.11. The number of hydrogen-bond acceptors (Lipinski definition) is 4. The molecule has 7 heteroatoms. The molecule has 2 amide bonds. The number of carbonyl (C=O) groups is 2. The van der Waals surface area contributed by atoms with Crippen LogP contribution in [0.3, 0.4) is 0 Å². The first-order chi connectivity index (χ1) is 14.3. The number of hydrogen-bond donors (Lipinski definition) is 1. The third-order valence-electron chi connectivity index (χ3n) is 5.34. The molecule has 30 heavy (non-hydrogen) atoms. The minimum absolute atomic E-state index is 0.0426. The second kappa shape index (κ2) is 7.74. The summed E-state index contributed by atoms with van der Waals surface area (Å²) in [5.41, 5.74) is 4.06. The fraction of sp³-hybridized carbons (Fsp3) is 0.304. The van der Waals surface area contributed by atoms with Crippen molar-refractivity contribution in [1.29, 1.82) is 0 Å². The van der Waals surface area contributed by atoms with Crippen molar-refractivity contribution in [3.05, 3.63) is 71.3 Å². The molecule has 0 spiro atoms. The number of benzene rings is 2. The van der Waals surface area contributed by atoms with Gasteiger partial charge in [-0.15, -0.1) is 0 Å². The van der Waals surface area contributed by atoms with E-state index in [-0.39, 0.29) is 23.8 Å². The third-order valence-corrected chi connectivity index (χ3v) is 5.34. The van der Waals surface area contributed by atoms with Crippen LogP contribution in [0.25, 0.3) is 0 Å². The van der Waals surface area contributed by atoms with Gasteiger partial charge in [-0.2, -0.15) is 5.10 Å². The van der Waals surface area contributed by atoms with Crippen molar-refractivity contribution in [2.75, 3.05) is 16.8 Å². The Morgan fingerprint density at radius 3 is 2.63 bits per heavy atom. The fourth-order valence-electron chi connectivity index (χ4n) is 3.74. The number of nitrogens with zero attached hydrogens (tertiary/aromatic N) is 4. The number of fused-ring (bicyclic) bond motifs is 1. The molecule has 1 aliphatic rings. The number of aryl methyl sites for hydroxylation is 1. The summed E-state index contributed by atoms with van der Waals surface area (Å²) in [7, 11) is 0. The van der Waals surface area contributed by atoms with Crippen LogP contribution in [-0.4, -0.2) is 33.1 Å². The number of aromatic nitrogens is 3. The monoisotopic (exact) mass is 403 g/mol. The van der Waals surface area contributed by atoms with E-state index < -0.39 is 0 Å². The van der Waals surface area contributed by atoms with E-state index in [1.807, 2.05) is 57.2 Å². The van der Waals surface area contributed by atoms with Gasteiger partial charge in [0.2, 0.25) is 5.91 Å². The van der Waals surface area contributed by atoms with Gasteiger partial charge in [-0.1, -0.05) is 12.1 Å². The van der Waals surface area contributed by atoms with Gasteiger partial charge in [-0.25, -0.2) is 4.98 Å². The van der Waals surface area contributed by atoms with Crippen LogP contribution >= 0.6 is 0 Å². The molecule has 1 aliphatic heterocycles. The van der Waals surface area contributed by atoms with E-state index in [1.165, 1.54) is 0 Å². The van der Waals surface area contributed by atoms with Crippen LogP contribution in [-0.2, 0) is 4.79 Å². The van der Waals surface area contributed by atoms with E-state index in [0.717, 1.165) is 22.5 Å². The fourth-order valence-corrected chi connectivity index (χ4v) is 3.74. The van der Waals surface area contributed by atoms with Crippen LogP contribution in [0.15, 0.2) is 48.8 Å². The average Bonchev–Trinajstić information content (AvgIpc) is 3.32. The summed E-state index contributed by atoms with van der Waals surface area (Å²) in [6.45, 7) is 8.07. The molecule has 0 aliphatic carbocycles. The minimum atomic E-state index is -0.191.